The van der Waals surface area contributed by atoms with E-state index < -0.39 is 20.5 Å². The first-order valence-electron chi connectivity index (χ1n) is 9.51. The van der Waals surface area contributed by atoms with Crippen LogP contribution in [0.25, 0.3) is 0 Å². The van der Waals surface area contributed by atoms with Gasteiger partial charge in [-0.1, -0.05) is 12.8 Å². The number of hydrogen-bond acceptors (Lipinski definition) is 7. The third kappa shape index (κ3) is 4.77. The molecule has 1 saturated heterocycles. The zero-order valence-electron chi connectivity index (χ0n) is 16.2. The smallest absolute Gasteiger partial charge is 0.293 e. The molecule has 0 bridgehead atoms. The van der Waals surface area contributed by atoms with Crippen LogP contribution in [0.1, 0.15) is 38.4 Å². The normalized spacial score (nSPS) is 18.0. The molecule has 2 N–H and O–H groups in total. The molecular formula is C19H25N3O6S. The fourth-order valence-electron chi connectivity index (χ4n) is 3.34. The highest BCUT2D eigenvalue weighted by atomic mass is 32.2. The predicted molar refractivity (Wildman–Crippen MR) is 107 cm³/mol. The van der Waals surface area contributed by atoms with Crippen LogP contribution < -0.4 is 5.32 Å². The van der Waals surface area contributed by atoms with Crippen LogP contribution in [0.5, 0.6) is 0 Å². The average molecular weight is 423 g/mol. The topological polar surface area (TPSA) is 126 Å². The van der Waals surface area contributed by atoms with Crippen LogP contribution in [0.15, 0.2) is 45.9 Å². The van der Waals surface area contributed by atoms with Crippen molar-refractivity contribution >= 4 is 21.4 Å². The highest BCUT2D eigenvalue weighted by Gasteiger charge is 2.30. The minimum absolute atomic E-state index is 0.0560. The third-order valence-corrected chi connectivity index (χ3v) is 6.94. The summed E-state index contributed by atoms with van der Waals surface area (Å²) in [6, 6.07) is 7.03. The Hall–Kier alpha value is -2.43. The Morgan fingerprint density at radius 1 is 1.24 bits per heavy atom. The summed E-state index contributed by atoms with van der Waals surface area (Å²) in [7, 11) is -3.80. The molecule has 2 aromatic rings. The molecule has 0 saturated carbocycles. The predicted octanol–water partition coefficient (Wildman–Crippen LogP) is 3.07. The summed E-state index contributed by atoms with van der Waals surface area (Å²) in [5.74, 6) is 0.313. The van der Waals surface area contributed by atoms with Crippen LogP contribution in [0.4, 0.5) is 11.4 Å². The highest BCUT2D eigenvalue weighted by Crippen LogP contribution is 2.31. The first kappa shape index (κ1) is 21.3. The van der Waals surface area contributed by atoms with Crippen molar-refractivity contribution in [3.63, 3.8) is 0 Å². The number of nitro benzene ring substituents is 1. The number of sulfonamides is 1. The van der Waals surface area contributed by atoms with Crippen molar-refractivity contribution in [1.29, 1.82) is 0 Å². The second-order valence-corrected chi connectivity index (χ2v) is 9.30. The van der Waals surface area contributed by atoms with Crippen molar-refractivity contribution < 1.29 is 22.9 Å². The highest BCUT2D eigenvalue weighted by molar-refractivity contribution is 7.89. The van der Waals surface area contributed by atoms with Gasteiger partial charge in [0, 0.05) is 19.2 Å². The number of benzene rings is 1. The van der Waals surface area contributed by atoms with E-state index in [1.807, 2.05) is 0 Å². The summed E-state index contributed by atoms with van der Waals surface area (Å²) in [4.78, 5) is 10.8. The summed E-state index contributed by atoms with van der Waals surface area (Å²) < 4.78 is 32.5. The van der Waals surface area contributed by atoms with E-state index in [0.717, 1.165) is 31.7 Å². The zero-order chi connectivity index (χ0) is 21.1. The summed E-state index contributed by atoms with van der Waals surface area (Å²) in [5, 5.41) is 24.9. The van der Waals surface area contributed by atoms with Gasteiger partial charge in [-0.15, -0.1) is 0 Å². The zero-order valence-corrected chi connectivity index (χ0v) is 17.0. The largest absolute Gasteiger partial charge is 0.466 e. The lowest BCUT2D eigenvalue weighted by molar-refractivity contribution is -0.384. The van der Waals surface area contributed by atoms with Gasteiger partial charge in [-0.25, -0.2) is 8.42 Å². The lowest BCUT2D eigenvalue weighted by Crippen LogP contribution is -2.32. The Bertz CT molecular complexity index is 948. The first-order chi connectivity index (χ1) is 13.7. The fraction of sp³-hybridized carbons (Fsp3) is 0.474. The molecule has 1 aliphatic rings. The number of nitro groups is 1. The molecule has 0 aliphatic carbocycles. The van der Waals surface area contributed by atoms with Crippen LogP contribution >= 0.6 is 0 Å². The van der Waals surface area contributed by atoms with Gasteiger partial charge in [-0.2, -0.15) is 4.31 Å². The lowest BCUT2D eigenvalue weighted by Gasteiger charge is -2.22. The number of hydrogen-bond donors (Lipinski definition) is 2. The van der Waals surface area contributed by atoms with Gasteiger partial charge in [-0.3, -0.25) is 10.1 Å². The molecule has 10 heteroatoms. The summed E-state index contributed by atoms with van der Waals surface area (Å²) in [5.41, 5.74) is -1.64. The van der Waals surface area contributed by atoms with E-state index in [-0.39, 0.29) is 22.8 Å². The van der Waals surface area contributed by atoms with Gasteiger partial charge in [0.2, 0.25) is 10.0 Å². The number of aliphatic hydroxyl groups is 1. The van der Waals surface area contributed by atoms with Gasteiger partial charge in [0.15, 0.2) is 0 Å². The van der Waals surface area contributed by atoms with E-state index >= 15 is 0 Å². The molecule has 1 atom stereocenters. The maximum atomic E-state index is 12.9. The molecule has 9 nitrogen and oxygen atoms in total. The summed E-state index contributed by atoms with van der Waals surface area (Å²) in [6.45, 7) is 2.30. The van der Waals surface area contributed by atoms with Crippen molar-refractivity contribution in [2.75, 3.05) is 25.0 Å². The fourth-order valence-corrected chi connectivity index (χ4v) is 4.88. The first-order valence-corrected chi connectivity index (χ1v) is 10.9. The molecule has 158 valence electrons. The van der Waals surface area contributed by atoms with Gasteiger partial charge < -0.3 is 14.8 Å². The van der Waals surface area contributed by atoms with Crippen molar-refractivity contribution in [2.45, 2.75) is 43.1 Å². The average Bonchev–Trinajstić information content (AvgIpc) is 3.09. The van der Waals surface area contributed by atoms with Crippen LogP contribution in [-0.4, -0.2) is 42.4 Å². The Balaban J connectivity index is 1.84. The van der Waals surface area contributed by atoms with Gasteiger partial charge in [0.25, 0.3) is 5.69 Å². The molecule has 0 spiro atoms. The maximum Gasteiger partial charge on any atom is 0.293 e. The maximum absolute atomic E-state index is 12.9. The van der Waals surface area contributed by atoms with Crippen molar-refractivity contribution in [1.82, 2.24) is 4.31 Å². The SMILES string of the molecule is CC(O)(CNc1ccc(S(=O)(=O)N2CCCCCC2)cc1[N+](=O)[O-])c1ccco1. The lowest BCUT2D eigenvalue weighted by atomic mass is 10.0. The number of nitrogens with one attached hydrogen (secondary N) is 1. The van der Waals surface area contributed by atoms with E-state index in [1.165, 1.54) is 29.6 Å². The second kappa shape index (κ2) is 8.52. The second-order valence-electron chi connectivity index (χ2n) is 7.36. The Kier molecular flexibility index (Phi) is 6.25. The number of nitrogens with zero attached hydrogens (tertiary/aromatic N) is 2. The standard InChI is InChI=1S/C19H25N3O6S/c1-19(23,18-7-6-12-28-18)14-20-16-9-8-15(13-17(16)22(24)25)29(26,27)21-10-4-2-3-5-11-21/h6-9,12-13,20,23H,2-5,10-11,14H2,1H3. The molecule has 1 aliphatic heterocycles. The minimum atomic E-state index is -3.80. The van der Waals surface area contributed by atoms with E-state index in [0.29, 0.717) is 18.8 Å². The molecule has 1 aromatic heterocycles. The molecule has 1 aromatic carbocycles. The summed E-state index contributed by atoms with van der Waals surface area (Å²) in [6.07, 6.45) is 4.94. The van der Waals surface area contributed by atoms with Crippen molar-refractivity contribution in [3.8, 4) is 0 Å². The van der Waals surface area contributed by atoms with Gasteiger partial charge in [0.1, 0.15) is 17.0 Å². The summed E-state index contributed by atoms with van der Waals surface area (Å²) >= 11 is 0. The molecule has 0 radical (unpaired) electrons. The molecule has 3 rings (SSSR count). The molecule has 1 unspecified atom stereocenters. The van der Waals surface area contributed by atoms with Crippen LogP contribution in [0, 0.1) is 10.1 Å². The van der Waals surface area contributed by atoms with Gasteiger partial charge >= 0.3 is 0 Å². The van der Waals surface area contributed by atoms with Gasteiger partial charge in [-0.05, 0) is 44.0 Å². The van der Waals surface area contributed by atoms with Crippen molar-refractivity contribution in [3.05, 3.63) is 52.5 Å². The monoisotopic (exact) mass is 423 g/mol. The van der Waals surface area contributed by atoms with E-state index in [1.54, 1.807) is 12.1 Å². The molecule has 2 heterocycles. The molecule has 0 amide bonds. The molecule has 29 heavy (non-hydrogen) atoms. The van der Waals surface area contributed by atoms with Crippen LogP contribution in [0.2, 0.25) is 0 Å². The minimum Gasteiger partial charge on any atom is -0.466 e. The Labute approximate surface area is 169 Å². The molecule has 1 fully saturated rings. The Morgan fingerprint density at radius 2 is 1.93 bits per heavy atom. The quantitative estimate of drug-likeness (QED) is 0.518. The molecular weight excluding hydrogens is 398 g/mol. The van der Waals surface area contributed by atoms with Gasteiger partial charge in [0.05, 0.1) is 22.6 Å². The van der Waals surface area contributed by atoms with E-state index in [4.69, 9.17) is 4.42 Å². The Morgan fingerprint density at radius 3 is 2.52 bits per heavy atom. The van der Waals surface area contributed by atoms with E-state index in [9.17, 15) is 23.6 Å². The van der Waals surface area contributed by atoms with Crippen LogP contribution in [-0.2, 0) is 15.6 Å². The third-order valence-electron chi connectivity index (χ3n) is 5.04. The number of rotatable bonds is 7. The van der Waals surface area contributed by atoms with Crippen LogP contribution in [0.3, 0.4) is 0 Å². The van der Waals surface area contributed by atoms with Crippen molar-refractivity contribution in [2.24, 2.45) is 0 Å². The van der Waals surface area contributed by atoms with E-state index in [2.05, 4.69) is 5.32 Å². The number of anilines is 1. The number of furan rings is 1.